The van der Waals surface area contributed by atoms with Crippen LogP contribution in [0.5, 0.6) is 0 Å². The van der Waals surface area contributed by atoms with Gasteiger partial charge in [-0.15, -0.1) is 0 Å². The Morgan fingerprint density at radius 2 is 1.24 bits per heavy atom. The maximum absolute atomic E-state index is 12.7. The molecule has 0 aromatic carbocycles. The minimum atomic E-state index is -4.58. The zero-order valence-corrected chi connectivity index (χ0v) is 32.8. The lowest BCUT2D eigenvalue weighted by molar-refractivity contribution is -0.870. The maximum atomic E-state index is 12.7. The maximum Gasteiger partial charge on any atom is 0.268 e. The molecule has 0 aliphatic heterocycles. The van der Waals surface area contributed by atoms with Crippen LogP contribution in [0.15, 0.2) is 60.8 Å². The fourth-order valence-electron chi connectivity index (χ4n) is 4.90. The first-order valence-electron chi connectivity index (χ1n) is 19.2. The Kier molecular flexibility index (Phi) is 31.0. The number of aliphatic hydroxyl groups excluding tert-OH is 1. The van der Waals surface area contributed by atoms with Crippen LogP contribution in [0.1, 0.15) is 136 Å². The normalized spacial score (nSPS) is 15.3. The Morgan fingerprint density at radius 3 is 1.82 bits per heavy atom. The van der Waals surface area contributed by atoms with Crippen LogP contribution in [0.25, 0.3) is 0 Å². The van der Waals surface area contributed by atoms with E-state index < -0.39 is 26.6 Å². The number of unbranched alkanes of at least 4 members (excludes halogenated alkanes) is 12. The highest BCUT2D eigenvalue weighted by molar-refractivity contribution is 7.45. The summed E-state index contributed by atoms with van der Waals surface area (Å²) in [5.41, 5.74) is 0. The number of likely N-dealkylation sites (N-methyl/N-ethyl adjacent to an activating group) is 1. The van der Waals surface area contributed by atoms with Gasteiger partial charge in [-0.05, 0) is 57.8 Å². The molecule has 0 radical (unpaired) electrons. The second-order valence-electron chi connectivity index (χ2n) is 13.9. The minimum Gasteiger partial charge on any atom is -0.756 e. The average molecular weight is 709 g/mol. The highest BCUT2D eigenvalue weighted by atomic mass is 31.2. The zero-order valence-electron chi connectivity index (χ0n) is 31.9. The summed E-state index contributed by atoms with van der Waals surface area (Å²) in [5, 5.41) is 13.6. The summed E-state index contributed by atoms with van der Waals surface area (Å²) in [5.74, 6) is -0.219. The second kappa shape index (κ2) is 32.1. The average Bonchev–Trinajstić information content (AvgIpc) is 3.04. The van der Waals surface area contributed by atoms with Gasteiger partial charge < -0.3 is 28.8 Å². The fourth-order valence-corrected chi connectivity index (χ4v) is 5.63. The molecule has 0 aliphatic carbocycles. The van der Waals surface area contributed by atoms with Crippen LogP contribution in [-0.2, 0) is 18.4 Å². The number of nitrogens with zero attached hydrogens (tertiary/aromatic N) is 1. The van der Waals surface area contributed by atoms with Crippen LogP contribution in [0.3, 0.4) is 0 Å². The van der Waals surface area contributed by atoms with Crippen molar-refractivity contribution in [2.24, 2.45) is 0 Å². The number of quaternary nitrogens is 1. The third kappa shape index (κ3) is 34.4. The molecule has 3 unspecified atom stereocenters. The second-order valence-corrected chi connectivity index (χ2v) is 15.3. The standard InChI is InChI=1S/C40H73N2O6P/c1-6-8-10-12-14-16-17-18-19-20-21-22-23-24-25-26-28-30-32-34-40(44)41-38(37-48-49(45,46)47-36-35-42(3,4)5)39(43)33-31-29-27-15-13-11-9-7-2/h8,10,14,16,18-19,21-22,31,33,38-39,43H,6-7,9,11-13,15,17,20,23-30,32,34-37H2,1-5H3,(H-,41,44,45,46)/b10-8-,16-14-,19-18-,22-21-,33-31+. The Balaban J connectivity index is 4.43. The molecule has 284 valence electrons. The van der Waals surface area contributed by atoms with E-state index in [1.807, 2.05) is 27.2 Å². The van der Waals surface area contributed by atoms with E-state index >= 15 is 0 Å². The number of hydrogen-bond acceptors (Lipinski definition) is 6. The molecule has 2 N–H and O–H groups in total. The molecule has 0 spiro atoms. The summed E-state index contributed by atoms with van der Waals surface area (Å²) in [6, 6.07) is -0.893. The number of hydrogen-bond donors (Lipinski definition) is 2. The van der Waals surface area contributed by atoms with E-state index in [2.05, 4.69) is 67.8 Å². The quantitative estimate of drug-likeness (QED) is 0.0305. The first-order valence-corrected chi connectivity index (χ1v) is 20.6. The summed E-state index contributed by atoms with van der Waals surface area (Å²) < 4.78 is 23.0. The van der Waals surface area contributed by atoms with E-state index in [1.54, 1.807) is 6.08 Å². The van der Waals surface area contributed by atoms with Crippen LogP contribution < -0.4 is 10.2 Å². The zero-order chi connectivity index (χ0) is 36.5. The number of rotatable bonds is 33. The van der Waals surface area contributed by atoms with Crippen molar-refractivity contribution < 1.29 is 32.9 Å². The van der Waals surface area contributed by atoms with Gasteiger partial charge in [0.05, 0.1) is 39.9 Å². The Labute approximate surface area is 301 Å². The number of amides is 1. The molecule has 0 aromatic rings. The summed E-state index contributed by atoms with van der Waals surface area (Å²) in [7, 11) is 1.23. The summed E-state index contributed by atoms with van der Waals surface area (Å²) in [6.07, 6.45) is 39.9. The molecule has 49 heavy (non-hydrogen) atoms. The van der Waals surface area contributed by atoms with Crippen molar-refractivity contribution in [3.63, 3.8) is 0 Å². The number of phosphoric ester groups is 1. The van der Waals surface area contributed by atoms with Crippen molar-refractivity contribution in [3.8, 4) is 0 Å². The van der Waals surface area contributed by atoms with Gasteiger partial charge in [-0.2, -0.15) is 0 Å². The monoisotopic (exact) mass is 709 g/mol. The molecule has 1 amide bonds. The number of phosphoric acid groups is 1. The van der Waals surface area contributed by atoms with Gasteiger partial charge in [0.15, 0.2) is 0 Å². The van der Waals surface area contributed by atoms with Gasteiger partial charge in [0, 0.05) is 6.42 Å². The first-order chi connectivity index (χ1) is 23.5. The van der Waals surface area contributed by atoms with Crippen LogP contribution in [0.2, 0.25) is 0 Å². The van der Waals surface area contributed by atoms with Gasteiger partial charge in [-0.25, -0.2) is 0 Å². The van der Waals surface area contributed by atoms with Crippen molar-refractivity contribution >= 4 is 13.7 Å². The molecular formula is C40H73N2O6P. The van der Waals surface area contributed by atoms with Crippen LogP contribution in [-0.4, -0.2) is 68.5 Å². The van der Waals surface area contributed by atoms with Gasteiger partial charge in [0.1, 0.15) is 13.2 Å². The number of nitrogens with one attached hydrogen (secondary N) is 1. The van der Waals surface area contributed by atoms with Gasteiger partial charge in [0.2, 0.25) is 5.91 Å². The highest BCUT2D eigenvalue weighted by Gasteiger charge is 2.23. The van der Waals surface area contributed by atoms with Crippen molar-refractivity contribution in [2.75, 3.05) is 40.9 Å². The summed E-state index contributed by atoms with van der Waals surface area (Å²) in [4.78, 5) is 25.1. The number of carbonyl (C=O) groups excluding carboxylic acids is 1. The lowest BCUT2D eigenvalue weighted by Gasteiger charge is -2.29. The number of carbonyl (C=O) groups is 1. The molecule has 0 heterocycles. The Bertz CT molecular complexity index is 986. The molecule has 3 atom stereocenters. The summed E-state index contributed by atoms with van der Waals surface area (Å²) >= 11 is 0. The third-order valence-electron chi connectivity index (χ3n) is 7.98. The topological polar surface area (TPSA) is 108 Å². The van der Waals surface area contributed by atoms with Gasteiger partial charge >= 0.3 is 0 Å². The minimum absolute atomic E-state index is 0.00749. The first kappa shape index (κ1) is 47.2. The van der Waals surface area contributed by atoms with E-state index in [0.717, 1.165) is 77.0 Å². The molecule has 0 saturated carbocycles. The number of aliphatic hydroxyl groups is 1. The van der Waals surface area contributed by atoms with E-state index in [9.17, 15) is 19.4 Å². The van der Waals surface area contributed by atoms with E-state index in [1.165, 1.54) is 38.5 Å². The van der Waals surface area contributed by atoms with Crippen molar-refractivity contribution in [1.29, 1.82) is 0 Å². The molecule has 0 bridgehead atoms. The molecule has 8 nitrogen and oxygen atoms in total. The molecule has 9 heteroatoms. The number of allylic oxidation sites excluding steroid dienone is 9. The van der Waals surface area contributed by atoms with E-state index in [-0.39, 0.29) is 12.5 Å². The Hall–Kier alpha value is -1.80. The van der Waals surface area contributed by atoms with Gasteiger partial charge in [-0.1, -0.05) is 132 Å². The third-order valence-corrected chi connectivity index (χ3v) is 8.95. The van der Waals surface area contributed by atoms with Crippen LogP contribution >= 0.6 is 7.82 Å². The molecular weight excluding hydrogens is 635 g/mol. The van der Waals surface area contributed by atoms with Crippen molar-refractivity contribution in [2.45, 2.75) is 148 Å². The smallest absolute Gasteiger partial charge is 0.268 e. The lowest BCUT2D eigenvalue weighted by Crippen LogP contribution is -2.45. The van der Waals surface area contributed by atoms with Crippen LogP contribution in [0.4, 0.5) is 0 Å². The van der Waals surface area contributed by atoms with Gasteiger partial charge in [0.25, 0.3) is 7.82 Å². The van der Waals surface area contributed by atoms with E-state index in [0.29, 0.717) is 17.4 Å². The largest absolute Gasteiger partial charge is 0.756 e. The highest BCUT2D eigenvalue weighted by Crippen LogP contribution is 2.38. The predicted molar refractivity (Wildman–Crippen MR) is 205 cm³/mol. The molecule has 0 saturated heterocycles. The predicted octanol–water partition coefficient (Wildman–Crippen LogP) is 9.27. The van der Waals surface area contributed by atoms with Crippen LogP contribution in [0, 0.1) is 0 Å². The molecule has 0 rings (SSSR count). The summed E-state index contributed by atoms with van der Waals surface area (Å²) in [6.45, 7) is 4.44. The van der Waals surface area contributed by atoms with Crippen molar-refractivity contribution in [1.82, 2.24) is 5.32 Å². The fraction of sp³-hybridized carbons (Fsp3) is 0.725. The molecule has 0 aliphatic rings. The van der Waals surface area contributed by atoms with Gasteiger partial charge in [-0.3, -0.25) is 9.36 Å². The Morgan fingerprint density at radius 1 is 0.735 bits per heavy atom. The SMILES string of the molecule is CC/C=C\C/C=C\C/C=C\C/C=C\CCCCCCCCC(=O)NC(COP(=O)([O-])OCC[N+](C)(C)C)C(O)/C=C/CCCCCCCC. The molecule has 0 aromatic heterocycles. The van der Waals surface area contributed by atoms with E-state index in [4.69, 9.17) is 9.05 Å². The lowest BCUT2D eigenvalue weighted by atomic mass is 10.1. The molecule has 0 fully saturated rings. The van der Waals surface area contributed by atoms with Crippen molar-refractivity contribution in [3.05, 3.63) is 60.8 Å².